The third-order valence-corrected chi connectivity index (χ3v) is 3.91. The van der Waals surface area contributed by atoms with E-state index in [0.29, 0.717) is 21.8 Å². The second-order valence-corrected chi connectivity index (χ2v) is 6.35. The number of benzene rings is 1. The van der Waals surface area contributed by atoms with E-state index in [1.807, 2.05) is 6.92 Å². The van der Waals surface area contributed by atoms with Crippen LogP contribution in [0.1, 0.15) is 26.7 Å². The normalized spacial score (nSPS) is 13.6. The second-order valence-electron chi connectivity index (χ2n) is 5.06. The summed E-state index contributed by atoms with van der Waals surface area (Å²) in [7, 11) is 0. The van der Waals surface area contributed by atoms with Gasteiger partial charge in [-0.2, -0.15) is 0 Å². The fraction of sp³-hybridized carbons (Fsp3) is 0.533. The summed E-state index contributed by atoms with van der Waals surface area (Å²) < 4.78 is 6.32. The van der Waals surface area contributed by atoms with Gasteiger partial charge in [-0.25, -0.2) is 0 Å². The molecule has 1 aromatic carbocycles. The fourth-order valence-electron chi connectivity index (χ4n) is 1.71. The van der Waals surface area contributed by atoms with Crippen molar-refractivity contribution >= 4 is 33.4 Å². The van der Waals surface area contributed by atoms with Crippen LogP contribution in [0.5, 0.6) is 5.75 Å². The number of aliphatic hydroxyl groups is 1. The summed E-state index contributed by atoms with van der Waals surface area (Å²) >= 11 is 9.20. The average Bonchev–Trinajstić information content (AvgIpc) is 2.45. The van der Waals surface area contributed by atoms with Crippen molar-refractivity contribution in [3.63, 3.8) is 0 Å². The Kier molecular flexibility index (Phi) is 8.07. The lowest BCUT2D eigenvalue weighted by molar-refractivity contribution is -0.127. The van der Waals surface area contributed by atoms with Crippen LogP contribution < -0.4 is 10.1 Å². The highest BCUT2D eigenvalue weighted by molar-refractivity contribution is 9.10. The van der Waals surface area contributed by atoms with Gasteiger partial charge >= 0.3 is 0 Å². The Morgan fingerprint density at radius 1 is 1.48 bits per heavy atom. The Morgan fingerprint density at radius 2 is 2.19 bits per heavy atom. The lowest BCUT2D eigenvalue weighted by atomic mass is 10.1. The fourth-order valence-corrected chi connectivity index (χ4v) is 2.49. The van der Waals surface area contributed by atoms with E-state index in [4.69, 9.17) is 21.4 Å². The highest BCUT2D eigenvalue weighted by atomic mass is 79.9. The number of halogens is 2. The highest BCUT2D eigenvalue weighted by Gasteiger charge is 2.15. The molecule has 0 aliphatic rings. The average molecular weight is 379 g/mol. The molecule has 0 bridgehead atoms. The minimum atomic E-state index is -0.585. The van der Waals surface area contributed by atoms with Gasteiger partial charge in [0, 0.05) is 18.2 Å². The molecule has 0 aliphatic carbocycles. The van der Waals surface area contributed by atoms with Crippen molar-refractivity contribution in [2.45, 2.75) is 32.8 Å². The Balaban J connectivity index is 2.37. The molecule has 0 spiro atoms. The van der Waals surface area contributed by atoms with Gasteiger partial charge < -0.3 is 15.2 Å². The summed E-state index contributed by atoms with van der Waals surface area (Å²) in [6.07, 6.45) is 1.14. The molecule has 21 heavy (non-hydrogen) atoms. The van der Waals surface area contributed by atoms with E-state index >= 15 is 0 Å². The molecule has 1 amide bonds. The number of nitrogens with one attached hydrogen (secondary N) is 1. The molecule has 0 fully saturated rings. The standard InChI is InChI=1S/C15H21BrClNO3/c1-10(9-19)4-3-7-18-15(20)11(2)21-14-6-5-12(17)8-13(14)16/h5-6,8,10-11,19H,3-4,7,9H2,1-2H3,(H,18,20). The maximum atomic E-state index is 11.9. The van der Waals surface area contributed by atoms with Crippen molar-refractivity contribution in [1.82, 2.24) is 5.32 Å². The SMILES string of the molecule is CC(CO)CCCNC(=O)C(C)Oc1ccc(Cl)cc1Br. The molecular weight excluding hydrogens is 358 g/mol. The van der Waals surface area contributed by atoms with Crippen molar-refractivity contribution < 1.29 is 14.6 Å². The molecule has 0 radical (unpaired) electrons. The lowest BCUT2D eigenvalue weighted by Gasteiger charge is -2.16. The first-order valence-electron chi connectivity index (χ1n) is 6.94. The highest BCUT2D eigenvalue weighted by Crippen LogP contribution is 2.28. The van der Waals surface area contributed by atoms with Crippen LogP contribution in [0.2, 0.25) is 5.02 Å². The molecular formula is C15H21BrClNO3. The number of carbonyl (C=O) groups excluding carboxylic acids is 1. The Morgan fingerprint density at radius 3 is 2.81 bits per heavy atom. The maximum Gasteiger partial charge on any atom is 0.260 e. The monoisotopic (exact) mass is 377 g/mol. The summed E-state index contributed by atoms with van der Waals surface area (Å²) in [4.78, 5) is 11.9. The number of ether oxygens (including phenoxy) is 1. The Bertz CT molecular complexity index is 470. The molecule has 2 atom stereocenters. The minimum absolute atomic E-state index is 0.159. The van der Waals surface area contributed by atoms with Crippen LogP contribution in [0.25, 0.3) is 0 Å². The van der Waals surface area contributed by atoms with E-state index in [-0.39, 0.29) is 18.4 Å². The van der Waals surface area contributed by atoms with E-state index in [1.165, 1.54) is 0 Å². The maximum absolute atomic E-state index is 11.9. The number of carbonyl (C=O) groups is 1. The first-order valence-corrected chi connectivity index (χ1v) is 8.11. The molecule has 1 aromatic rings. The van der Waals surface area contributed by atoms with Gasteiger partial charge in [0.15, 0.2) is 6.10 Å². The minimum Gasteiger partial charge on any atom is -0.480 e. The van der Waals surface area contributed by atoms with Gasteiger partial charge in [0.05, 0.1) is 4.47 Å². The summed E-state index contributed by atoms with van der Waals surface area (Å²) in [5.74, 6) is 0.685. The van der Waals surface area contributed by atoms with Gasteiger partial charge in [-0.05, 0) is 59.8 Å². The number of hydrogen-bond acceptors (Lipinski definition) is 3. The predicted molar refractivity (Wildman–Crippen MR) is 87.7 cm³/mol. The summed E-state index contributed by atoms with van der Waals surface area (Å²) in [5.41, 5.74) is 0. The summed E-state index contributed by atoms with van der Waals surface area (Å²) in [6.45, 7) is 4.44. The largest absolute Gasteiger partial charge is 0.480 e. The van der Waals surface area contributed by atoms with E-state index in [9.17, 15) is 4.79 Å². The van der Waals surface area contributed by atoms with Crippen molar-refractivity contribution in [1.29, 1.82) is 0 Å². The van der Waals surface area contributed by atoms with Crippen LogP contribution in [-0.4, -0.2) is 30.3 Å². The zero-order chi connectivity index (χ0) is 15.8. The first kappa shape index (κ1) is 18.3. The van der Waals surface area contributed by atoms with Crippen LogP contribution in [0, 0.1) is 5.92 Å². The van der Waals surface area contributed by atoms with Gasteiger partial charge in [0.1, 0.15) is 5.75 Å². The molecule has 2 unspecified atom stereocenters. The second kappa shape index (κ2) is 9.28. The van der Waals surface area contributed by atoms with E-state index in [1.54, 1.807) is 25.1 Å². The quantitative estimate of drug-likeness (QED) is 0.682. The molecule has 0 saturated heterocycles. The zero-order valence-electron chi connectivity index (χ0n) is 12.2. The van der Waals surface area contributed by atoms with Crippen LogP contribution in [-0.2, 0) is 4.79 Å². The lowest BCUT2D eigenvalue weighted by Crippen LogP contribution is -2.37. The van der Waals surface area contributed by atoms with Crippen LogP contribution in [0.3, 0.4) is 0 Å². The van der Waals surface area contributed by atoms with Gasteiger partial charge in [-0.3, -0.25) is 4.79 Å². The molecule has 0 aromatic heterocycles. The summed E-state index contributed by atoms with van der Waals surface area (Å²) in [6, 6.07) is 5.15. The Labute approximate surface area is 139 Å². The molecule has 2 N–H and O–H groups in total. The van der Waals surface area contributed by atoms with Gasteiger partial charge in [0.2, 0.25) is 0 Å². The zero-order valence-corrected chi connectivity index (χ0v) is 14.6. The van der Waals surface area contributed by atoms with Crippen LogP contribution >= 0.6 is 27.5 Å². The number of aliphatic hydroxyl groups excluding tert-OH is 1. The van der Waals surface area contributed by atoms with Crippen molar-refractivity contribution in [3.8, 4) is 5.75 Å². The van der Waals surface area contributed by atoms with E-state index < -0.39 is 6.10 Å². The molecule has 118 valence electrons. The molecule has 4 nitrogen and oxygen atoms in total. The first-order chi connectivity index (χ1) is 9.93. The third-order valence-electron chi connectivity index (χ3n) is 3.05. The van der Waals surface area contributed by atoms with Gasteiger partial charge in [-0.15, -0.1) is 0 Å². The number of hydrogen-bond donors (Lipinski definition) is 2. The molecule has 1 rings (SSSR count). The molecule has 6 heteroatoms. The molecule has 0 heterocycles. The van der Waals surface area contributed by atoms with Gasteiger partial charge in [0.25, 0.3) is 5.91 Å². The topological polar surface area (TPSA) is 58.6 Å². The van der Waals surface area contributed by atoms with Crippen LogP contribution in [0.4, 0.5) is 0 Å². The molecule has 0 saturated carbocycles. The van der Waals surface area contributed by atoms with Crippen molar-refractivity contribution in [2.24, 2.45) is 5.92 Å². The molecule has 0 aliphatic heterocycles. The number of rotatable bonds is 8. The van der Waals surface area contributed by atoms with Crippen molar-refractivity contribution in [2.75, 3.05) is 13.2 Å². The summed E-state index contributed by atoms with van der Waals surface area (Å²) in [5, 5.41) is 12.3. The Hall–Kier alpha value is -0.780. The van der Waals surface area contributed by atoms with E-state index in [0.717, 1.165) is 12.8 Å². The van der Waals surface area contributed by atoms with Gasteiger partial charge in [-0.1, -0.05) is 18.5 Å². The van der Waals surface area contributed by atoms with Crippen LogP contribution in [0.15, 0.2) is 22.7 Å². The third kappa shape index (κ3) is 6.68. The number of amides is 1. The van der Waals surface area contributed by atoms with Crippen molar-refractivity contribution in [3.05, 3.63) is 27.7 Å². The van der Waals surface area contributed by atoms with E-state index in [2.05, 4.69) is 21.2 Å². The predicted octanol–water partition coefficient (Wildman–Crippen LogP) is 3.39. The smallest absolute Gasteiger partial charge is 0.260 e.